The van der Waals surface area contributed by atoms with Gasteiger partial charge in [-0.1, -0.05) is 26.0 Å². The quantitative estimate of drug-likeness (QED) is 0.0315. The number of nitrogen functional groups attached to an aromatic ring is 1. The van der Waals surface area contributed by atoms with Crippen molar-refractivity contribution in [1.29, 1.82) is 10.8 Å². The summed E-state index contributed by atoms with van der Waals surface area (Å²) in [6.45, 7) is 11.2. The molecule has 0 radical (unpaired) electrons. The number of carbonyl (C=O) groups is 4. The highest BCUT2D eigenvalue weighted by Gasteiger charge is 2.34. The number of phenolic OH excluding ortho intramolecular Hbond substituents is 2. The van der Waals surface area contributed by atoms with Gasteiger partial charge in [0.2, 0.25) is 11.9 Å². The van der Waals surface area contributed by atoms with Crippen LogP contribution in [-0.2, 0) is 11.2 Å². The first-order valence-electron chi connectivity index (χ1n) is 23.9. The molecule has 4 aromatic carbocycles. The van der Waals surface area contributed by atoms with Crippen molar-refractivity contribution in [2.75, 3.05) is 57.1 Å². The summed E-state index contributed by atoms with van der Waals surface area (Å²) in [6.07, 6.45) is 3.04. The number of nitrogens with zero attached hydrogens (tertiary/aromatic N) is 7. The average molecular weight is 1010 g/mol. The summed E-state index contributed by atoms with van der Waals surface area (Å²) < 4.78 is 17.7. The van der Waals surface area contributed by atoms with Crippen LogP contribution in [-0.4, -0.2) is 130 Å². The number of rotatable bonds is 17. The van der Waals surface area contributed by atoms with Crippen LogP contribution in [0.1, 0.15) is 89.9 Å². The molecule has 2 aliphatic rings. The highest BCUT2D eigenvalue weighted by molar-refractivity contribution is 6.48. The summed E-state index contributed by atoms with van der Waals surface area (Å²) >= 11 is 0. The van der Waals surface area contributed by atoms with Gasteiger partial charge in [0, 0.05) is 67.5 Å². The molecule has 0 aliphatic carbocycles. The van der Waals surface area contributed by atoms with Crippen LogP contribution in [0.5, 0.6) is 28.7 Å². The number of nitrogens with one attached hydrogen (secondary N) is 5. The summed E-state index contributed by atoms with van der Waals surface area (Å²) in [4.78, 5) is 74.2. The van der Waals surface area contributed by atoms with Crippen LogP contribution in [0.3, 0.4) is 0 Å². The van der Waals surface area contributed by atoms with E-state index in [1.807, 2.05) is 38.7 Å². The third kappa shape index (κ3) is 12.0. The minimum absolute atomic E-state index is 0.00229. The zero-order chi connectivity index (χ0) is 53.2. The number of amidine groups is 3. The predicted octanol–water partition coefficient (Wildman–Crippen LogP) is 5.69. The molecule has 22 heteroatoms. The van der Waals surface area contributed by atoms with Gasteiger partial charge in [0.1, 0.15) is 34.6 Å². The van der Waals surface area contributed by atoms with E-state index in [1.54, 1.807) is 42.2 Å². The lowest BCUT2D eigenvalue weighted by molar-refractivity contribution is -0.114. The van der Waals surface area contributed by atoms with Crippen molar-refractivity contribution in [3.05, 3.63) is 119 Å². The van der Waals surface area contributed by atoms with Crippen LogP contribution >= 0.6 is 0 Å². The summed E-state index contributed by atoms with van der Waals surface area (Å²) in [5, 5.41) is 47.0. The first-order chi connectivity index (χ1) is 35.5. The number of aromatic hydroxyl groups is 2. The molecular weight excluding hydrogens is 951 g/mol. The molecule has 0 fully saturated rings. The van der Waals surface area contributed by atoms with Crippen molar-refractivity contribution in [3.8, 4) is 28.7 Å². The fraction of sp³-hybridized carbons (Fsp3) is 0.308. The van der Waals surface area contributed by atoms with Crippen molar-refractivity contribution in [3.63, 3.8) is 0 Å². The molecule has 9 N–H and O–H groups in total. The van der Waals surface area contributed by atoms with E-state index in [0.29, 0.717) is 66.8 Å². The minimum atomic E-state index is -0.753. The van der Waals surface area contributed by atoms with Crippen LogP contribution in [0.15, 0.2) is 95.2 Å². The van der Waals surface area contributed by atoms with Gasteiger partial charge in [-0.2, -0.15) is 0 Å². The van der Waals surface area contributed by atoms with Gasteiger partial charge in [0.05, 0.1) is 31.4 Å². The lowest BCUT2D eigenvalue weighted by Gasteiger charge is -2.28. The maximum absolute atomic E-state index is 13.4. The molecule has 0 bridgehead atoms. The Labute approximate surface area is 427 Å². The molecule has 3 heterocycles. The Kier molecular flexibility index (Phi) is 16.7. The first-order valence-corrected chi connectivity index (χ1v) is 23.9. The molecule has 0 unspecified atom stereocenters. The third-order valence-electron chi connectivity index (χ3n) is 11.9. The molecule has 7 rings (SSSR count). The van der Waals surface area contributed by atoms with E-state index in [1.165, 1.54) is 49.8 Å². The number of phenols is 2. The predicted molar refractivity (Wildman–Crippen MR) is 279 cm³/mol. The Morgan fingerprint density at radius 2 is 1.61 bits per heavy atom. The zero-order valence-corrected chi connectivity index (χ0v) is 41.9. The lowest BCUT2D eigenvalue weighted by atomic mass is 9.98. The number of amides is 4. The molecule has 22 nitrogen and oxygen atoms in total. The Bertz CT molecular complexity index is 3000. The summed E-state index contributed by atoms with van der Waals surface area (Å²) in [6, 6.07) is 19.0. The van der Waals surface area contributed by atoms with Crippen molar-refractivity contribution >= 4 is 64.6 Å². The van der Waals surface area contributed by atoms with E-state index in [-0.39, 0.29) is 83.4 Å². The molecule has 0 saturated heterocycles. The van der Waals surface area contributed by atoms with E-state index in [9.17, 15) is 29.4 Å². The van der Waals surface area contributed by atoms with Gasteiger partial charge in [0.25, 0.3) is 17.7 Å². The largest absolute Gasteiger partial charge is 0.508 e. The number of benzene rings is 4. The molecule has 0 spiro atoms. The summed E-state index contributed by atoms with van der Waals surface area (Å²) in [7, 11) is 1.50. The topological polar surface area (TPSA) is 306 Å². The number of hydrogen-bond donors (Lipinski definition) is 8. The van der Waals surface area contributed by atoms with E-state index in [0.717, 1.165) is 22.1 Å². The number of fused-ring (bicyclic) bond motifs is 3. The van der Waals surface area contributed by atoms with E-state index >= 15 is 0 Å². The van der Waals surface area contributed by atoms with Gasteiger partial charge in [-0.25, -0.2) is 19.8 Å². The Hall–Kier alpha value is -9.08. The fourth-order valence-corrected chi connectivity index (χ4v) is 8.06. The fourth-order valence-electron chi connectivity index (χ4n) is 8.06. The van der Waals surface area contributed by atoms with Gasteiger partial charge in [-0.05, 0) is 105 Å². The van der Waals surface area contributed by atoms with E-state index in [4.69, 9.17) is 35.8 Å². The average Bonchev–Trinajstić information content (AvgIpc) is 3.88. The van der Waals surface area contributed by atoms with Gasteiger partial charge < -0.3 is 45.7 Å². The molecular formula is C52H59N13O9. The van der Waals surface area contributed by atoms with E-state index < -0.39 is 29.5 Å². The van der Waals surface area contributed by atoms with Crippen LogP contribution in [0, 0.1) is 10.8 Å². The first kappa shape index (κ1) is 52.7. The highest BCUT2D eigenvalue weighted by Crippen LogP contribution is 2.43. The maximum atomic E-state index is 13.4. The van der Waals surface area contributed by atoms with Crippen LogP contribution in [0.2, 0.25) is 0 Å². The summed E-state index contributed by atoms with van der Waals surface area (Å²) in [5.41, 5.74) is 8.80. The van der Waals surface area contributed by atoms with Gasteiger partial charge in [-0.15, -0.1) is 0 Å². The number of methoxy groups -OCH3 is 1. The number of hydrogen-bond acceptors (Lipinski definition) is 17. The van der Waals surface area contributed by atoms with Gasteiger partial charge in [0.15, 0.2) is 17.3 Å². The van der Waals surface area contributed by atoms with E-state index in [2.05, 4.69) is 30.9 Å². The number of aliphatic imine (C=N–C) groups is 2. The molecule has 74 heavy (non-hydrogen) atoms. The molecule has 2 aliphatic heterocycles. The molecule has 0 atom stereocenters. The molecule has 386 valence electrons. The maximum Gasteiger partial charge on any atom is 0.415 e. The molecule has 0 saturated carbocycles. The second kappa shape index (κ2) is 23.4. The smallest absolute Gasteiger partial charge is 0.415 e. The second-order valence-corrected chi connectivity index (χ2v) is 17.6. The highest BCUT2D eigenvalue weighted by atomic mass is 16.6. The van der Waals surface area contributed by atoms with Crippen molar-refractivity contribution in [1.82, 2.24) is 35.7 Å². The molecule has 5 aromatic rings. The third-order valence-corrected chi connectivity index (χ3v) is 11.9. The standard InChI is InChI=1S/C52H59N13O9/c1-7-56-49(70)45(54)65(44(53)38-25-37(29(2)3)39(66)26-40(38)67)34-13-11-32(12-14-34)47(68)58-20-19-31-9-15-35(16-10-31)74-52(71)63(30(4)5)22-8-24-73-41-18-17-36-42(43(41)72-6)61-51(64-23-21-57-46(36)64)62-48(69)33-27-59-50(55)60-28-33/h9-18,25-30,53-54,66-67H,7-8,19-24H2,1-6H3,(H,56,70)(H,58,68)(H2,55,59,60)(H,61,62,69). The summed E-state index contributed by atoms with van der Waals surface area (Å²) in [5.74, 6) is -1.21. The Balaban J connectivity index is 0.909. The molecule has 4 amide bonds. The monoisotopic (exact) mass is 1010 g/mol. The zero-order valence-electron chi connectivity index (χ0n) is 41.9. The number of anilines is 2. The normalized spacial score (nSPS) is 12.5. The van der Waals surface area contributed by atoms with Gasteiger partial charge >= 0.3 is 6.09 Å². The number of nitrogens with two attached hydrogens (primary N) is 1. The van der Waals surface area contributed by atoms with Crippen LogP contribution < -0.4 is 40.8 Å². The molecule has 1 aromatic heterocycles. The minimum Gasteiger partial charge on any atom is -0.508 e. The second-order valence-electron chi connectivity index (χ2n) is 17.6. The number of guanidine groups is 1. The number of likely N-dealkylation sites (N-methyl/N-ethyl adjacent to an activating group) is 1. The van der Waals surface area contributed by atoms with Crippen molar-refractivity contribution < 1.29 is 43.6 Å². The number of ether oxygens (including phenoxy) is 3. The Morgan fingerprint density at radius 1 is 0.892 bits per heavy atom. The van der Waals surface area contributed by atoms with Crippen LogP contribution in [0.25, 0.3) is 0 Å². The Morgan fingerprint density at radius 3 is 2.27 bits per heavy atom. The lowest BCUT2D eigenvalue weighted by Crippen LogP contribution is -2.47. The van der Waals surface area contributed by atoms with Gasteiger partial charge in [-0.3, -0.25) is 45.3 Å². The SMILES string of the molecule is CCNC(=O)C(=N)N(C(=N)c1cc(C(C)C)c(O)cc1O)c1ccc(C(=O)NCCc2ccc(OC(=O)N(CCCOc3ccc4c(c3OC)N=C(NC(=O)c3cnc(N)nc3)N3CCN=C43)C(C)C)cc2)cc1. The van der Waals surface area contributed by atoms with Crippen LogP contribution in [0.4, 0.5) is 22.1 Å². The number of aromatic nitrogens is 2. The number of carbonyl (C=O) groups excluding carboxylic acids is 4. The van der Waals surface area contributed by atoms with Crippen molar-refractivity contribution in [2.45, 2.75) is 59.4 Å². The van der Waals surface area contributed by atoms with Crippen molar-refractivity contribution in [2.24, 2.45) is 9.98 Å².